The number of aromatic nitrogens is 2. The topological polar surface area (TPSA) is 97.0 Å². The number of carbonyl (C=O) groups is 1. The minimum Gasteiger partial charge on any atom is -0.493 e. The average molecular weight is 362 g/mol. The van der Waals surface area contributed by atoms with Gasteiger partial charge in [0.05, 0.1) is 24.4 Å². The van der Waals surface area contributed by atoms with Gasteiger partial charge in [0.15, 0.2) is 0 Å². The van der Waals surface area contributed by atoms with E-state index in [-0.39, 0.29) is 17.9 Å². The highest BCUT2D eigenvalue weighted by Gasteiger charge is 2.09. The Kier molecular flexibility index (Phi) is 5.80. The van der Waals surface area contributed by atoms with Gasteiger partial charge >= 0.3 is 0 Å². The summed E-state index contributed by atoms with van der Waals surface area (Å²) < 4.78 is 7.06. The highest BCUT2D eigenvalue weighted by molar-refractivity contribution is 5.91. The van der Waals surface area contributed by atoms with Gasteiger partial charge in [0.2, 0.25) is 11.3 Å². The Hall–Kier alpha value is -3.66. The molecule has 0 aliphatic heterocycles. The first-order valence-corrected chi connectivity index (χ1v) is 8.52. The molecule has 1 heterocycles. The molecular weight excluding hydrogens is 344 g/mol. The maximum atomic E-state index is 12.4. The number of hydrogen-bond donors (Lipinski definition) is 1. The van der Waals surface area contributed by atoms with Gasteiger partial charge in [-0.3, -0.25) is 14.3 Å². The van der Waals surface area contributed by atoms with Crippen molar-refractivity contribution in [3.63, 3.8) is 0 Å². The fourth-order valence-electron chi connectivity index (χ4n) is 2.63. The molecule has 0 aliphatic rings. The summed E-state index contributed by atoms with van der Waals surface area (Å²) in [6.45, 7) is 0.423. The average Bonchev–Trinajstić information content (AvgIpc) is 2.68. The van der Waals surface area contributed by atoms with E-state index in [1.54, 1.807) is 48.5 Å². The third kappa shape index (κ3) is 4.70. The van der Waals surface area contributed by atoms with Crippen LogP contribution in [0.4, 0.5) is 5.69 Å². The molecule has 1 N–H and O–H groups in total. The number of nitriles is 1. The Morgan fingerprint density at radius 3 is 2.93 bits per heavy atom. The summed E-state index contributed by atoms with van der Waals surface area (Å²) in [5, 5.41) is 15.9. The van der Waals surface area contributed by atoms with Crippen molar-refractivity contribution in [3.8, 4) is 11.8 Å². The summed E-state index contributed by atoms with van der Waals surface area (Å²) in [4.78, 5) is 24.3. The van der Waals surface area contributed by atoms with Gasteiger partial charge in [0.1, 0.15) is 12.3 Å². The molecule has 0 atom stereocenters. The minimum absolute atomic E-state index is 0.0198. The molecule has 3 aromatic rings. The Morgan fingerprint density at radius 1 is 1.22 bits per heavy atom. The van der Waals surface area contributed by atoms with E-state index in [1.807, 2.05) is 0 Å². The van der Waals surface area contributed by atoms with Gasteiger partial charge in [-0.1, -0.05) is 18.2 Å². The SMILES string of the molecule is N#CCCCOc1cccc(NC(=O)Cn2ncc(=O)c3ccccc32)c1. The second kappa shape index (κ2) is 8.63. The first-order valence-electron chi connectivity index (χ1n) is 8.52. The summed E-state index contributed by atoms with van der Waals surface area (Å²) in [5.41, 5.74) is 1.03. The molecule has 3 rings (SSSR count). The maximum Gasteiger partial charge on any atom is 0.246 e. The van der Waals surface area contributed by atoms with Crippen LogP contribution in [-0.2, 0) is 11.3 Å². The number of ether oxygens (including phenoxy) is 1. The standard InChI is InChI=1S/C20H18N4O3/c21-10-3-4-11-27-16-7-5-6-15(12-16)23-20(26)14-24-18-9-2-1-8-17(18)19(25)13-22-24/h1-2,5-9,12-13H,3-4,11,14H2,(H,23,26). The molecule has 7 nitrogen and oxygen atoms in total. The largest absolute Gasteiger partial charge is 0.493 e. The number of hydrogen-bond acceptors (Lipinski definition) is 5. The molecule has 1 amide bonds. The van der Waals surface area contributed by atoms with Crippen LogP contribution in [-0.4, -0.2) is 22.3 Å². The lowest BCUT2D eigenvalue weighted by molar-refractivity contribution is -0.116. The van der Waals surface area contributed by atoms with Gasteiger partial charge in [-0.2, -0.15) is 10.4 Å². The van der Waals surface area contributed by atoms with Crippen molar-refractivity contribution in [2.75, 3.05) is 11.9 Å². The van der Waals surface area contributed by atoms with E-state index in [4.69, 9.17) is 10.00 Å². The zero-order chi connectivity index (χ0) is 19.1. The molecule has 0 unspecified atom stereocenters. The van der Waals surface area contributed by atoms with Crippen LogP contribution in [0, 0.1) is 11.3 Å². The normalized spacial score (nSPS) is 10.3. The zero-order valence-corrected chi connectivity index (χ0v) is 14.6. The summed E-state index contributed by atoms with van der Waals surface area (Å²) in [7, 11) is 0. The van der Waals surface area contributed by atoms with E-state index >= 15 is 0 Å². The summed E-state index contributed by atoms with van der Waals surface area (Å²) in [6.07, 6.45) is 2.31. The van der Waals surface area contributed by atoms with Crippen molar-refractivity contribution >= 4 is 22.5 Å². The molecule has 0 aliphatic carbocycles. The van der Waals surface area contributed by atoms with Crippen molar-refractivity contribution in [1.29, 1.82) is 5.26 Å². The molecular formula is C20H18N4O3. The number of amides is 1. The Bertz CT molecular complexity index is 1050. The summed E-state index contributed by atoms with van der Waals surface area (Å²) >= 11 is 0. The lowest BCUT2D eigenvalue weighted by Crippen LogP contribution is -2.22. The molecule has 0 spiro atoms. The number of nitrogens with zero attached hydrogens (tertiary/aromatic N) is 3. The number of rotatable bonds is 7. The number of anilines is 1. The predicted octanol–water partition coefficient (Wildman–Crippen LogP) is 2.72. The first-order chi connectivity index (χ1) is 13.2. The van der Waals surface area contributed by atoms with Crippen LogP contribution in [0.1, 0.15) is 12.8 Å². The van der Waals surface area contributed by atoms with Crippen molar-refractivity contribution in [2.24, 2.45) is 0 Å². The minimum atomic E-state index is -0.266. The molecule has 136 valence electrons. The van der Waals surface area contributed by atoms with Crippen molar-refractivity contribution < 1.29 is 9.53 Å². The van der Waals surface area contributed by atoms with Gasteiger partial charge in [-0.25, -0.2) is 0 Å². The number of fused-ring (bicyclic) bond motifs is 1. The smallest absolute Gasteiger partial charge is 0.246 e. The molecule has 27 heavy (non-hydrogen) atoms. The number of carbonyl (C=O) groups excluding carboxylic acids is 1. The molecule has 7 heteroatoms. The lowest BCUT2D eigenvalue weighted by atomic mass is 10.2. The molecule has 0 radical (unpaired) electrons. The van der Waals surface area contributed by atoms with Crippen LogP contribution in [0.3, 0.4) is 0 Å². The van der Waals surface area contributed by atoms with Crippen molar-refractivity contribution in [2.45, 2.75) is 19.4 Å². The third-order valence-electron chi connectivity index (χ3n) is 3.87. The lowest BCUT2D eigenvalue weighted by Gasteiger charge is -2.11. The van der Waals surface area contributed by atoms with Crippen LogP contribution < -0.4 is 15.5 Å². The van der Waals surface area contributed by atoms with E-state index in [2.05, 4.69) is 16.5 Å². The van der Waals surface area contributed by atoms with E-state index in [1.165, 1.54) is 10.9 Å². The highest BCUT2D eigenvalue weighted by atomic mass is 16.5. The van der Waals surface area contributed by atoms with Crippen LogP contribution >= 0.6 is 0 Å². The highest BCUT2D eigenvalue weighted by Crippen LogP contribution is 2.18. The van der Waals surface area contributed by atoms with Crippen LogP contribution in [0.5, 0.6) is 5.75 Å². The molecule has 0 saturated carbocycles. The quantitative estimate of drug-likeness (QED) is 0.652. The third-order valence-corrected chi connectivity index (χ3v) is 3.87. The second-order valence-corrected chi connectivity index (χ2v) is 5.87. The Morgan fingerprint density at radius 2 is 2.07 bits per heavy atom. The predicted molar refractivity (Wildman–Crippen MR) is 101 cm³/mol. The van der Waals surface area contributed by atoms with Gasteiger partial charge in [0, 0.05) is 23.6 Å². The molecule has 0 fully saturated rings. The fourth-order valence-corrected chi connectivity index (χ4v) is 2.63. The fraction of sp³-hybridized carbons (Fsp3) is 0.200. The second-order valence-electron chi connectivity index (χ2n) is 5.87. The van der Waals surface area contributed by atoms with Gasteiger partial charge in [0.25, 0.3) is 0 Å². The van der Waals surface area contributed by atoms with Crippen molar-refractivity contribution in [3.05, 3.63) is 65.0 Å². The van der Waals surface area contributed by atoms with Crippen LogP contribution in [0.15, 0.2) is 59.5 Å². The molecule has 2 aromatic carbocycles. The van der Waals surface area contributed by atoms with E-state index in [0.29, 0.717) is 41.8 Å². The van der Waals surface area contributed by atoms with Crippen LogP contribution in [0.25, 0.3) is 10.9 Å². The van der Waals surface area contributed by atoms with E-state index in [0.717, 1.165) is 0 Å². The maximum absolute atomic E-state index is 12.4. The number of para-hydroxylation sites is 1. The van der Waals surface area contributed by atoms with Gasteiger partial charge in [-0.15, -0.1) is 0 Å². The Labute approximate surface area is 155 Å². The monoisotopic (exact) mass is 362 g/mol. The molecule has 0 saturated heterocycles. The number of benzene rings is 2. The molecule has 1 aromatic heterocycles. The number of unbranched alkanes of at least 4 members (excludes halogenated alkanes) is 1. The van der Waals surface area contributed by atoms with E-state index < -0.39 is 0 Å². The number of nitrogens with one attached hydrogen (secondary N) is 1. The Balaban J connectivity index is 1.67. The summed E-state index contributed by atoms with van der Waals surface area (Å²) in [6, 6.07) is 16.2. The van der Waals surface area contributed by atoms with Gasteiger partial charge in [-0.05, 0) is 30.7 Å². The van der Waals surface area contributed by atoms with E-state index in [9.17, 15) is 9.59 Å². The van der Waals surface area contributed by atoms with Crippen LogP contribution in [0.2, 0.25) is 0 Å². The first kappa shape index (κ1) is 18.1. The zero-order valence-electron chi connectivity index (χ0n) is 14.6. The van der Waals surface area contributed by atoms with Gasteiger partial charge < -0.3 is 10.1 Å². The van der Waals surface area contributed by atoms with Crippen molar-refractivity contribution in [1.82, 2.24) is 9.78 Å². The summed E-state index contributed by atoms with van der Waals surface area (Å²) in [5.74, 6) is 0.357. The molecule has 0 bridgehead atoms.